The molecule has 180 valence electrons. The molecular formula is C26H30N2O6. The Bertz CT molecular complexity index is 1010. The van der Waals surface area contributed by atoms with Crippen molar-refractivity contribution in [1.29, 1.82) is 0 Å². The SMILES string of the molecule is COC[C@H](NC(=O)OCC1c2ccccc2-c2ccccc21)C(=O)N[C@@H]1CCC[C@H]1CC(=O)O. The molecule has 0 radical (unpaired) electrons. The van der Waals surface area contributed by atoms with Gasteiger partial charge in [0.05, 0.1) is 13.0 Å². The van der Waals surface area contributed by atoms with Gasteiger partial charge >= 0.3 is 12.1 Å². The molecule has 1 saturated carbocycles. The Morgan fingerprint density at radius 1 is 1.03 bits per heavy atom. The van der Waals surface area contributed by atoms with Crippen LogP contribution >= 0.6 is 0 Å². The molecule has 0 spiro atoms. The molecule has 0 aliphatic heterocycles. The lowest BCUT2D eigenvalue weighted by atomic mass is 9.98. The van der Waals surface area contributed by atoms with E-state index in [0.717, 1.165) is 35.1 Å². The fourth-order valence-corrected chi connectivity index (χ4v) is 5.11. The molecule has 3 N–H and O–H groups in total. The van der Waals surface area contributed by atoms with Crippen LogP contribution in [0.4, 0.5) is 4.79 Å². The van der Waals surface area contributed by atoms with E-state index in [4.69, 9.17) is 14.6 Å². The quantitative estimate of drug-likeness (QED) is 0.523. The summed E-state index contributed by atoms with van der Waals surface area (Å²) >= 11 is 0. The molecule has 3 atom stereocenters. The maximum Gasteiger partial charge on any atom is 0.407 e. The first kappa shape index (κ1) is 23.8. The average Bonchev–Trinajstić information content (AvgIpc) is 3.38. The van der Waals surface area contributed by atoms with Crippen LogP contribution in [0.5, 0.6) is 0 Å². The second kappa shape index (κ2) is 10.7. The smallest absolute Gasteiger partial charge is 0.407 e. The Balaban J connectivity index is 1.36. The largest absolute Gasteiger partial charge is 0.481 e. The minimum absolute atomic E-state index is 0.0136. The van der Waals surface area contributed by atoms with E-state index in [1.54, 1.807) is 0 Å². The molecule has 2 aromatic carbocycles. The Labute approximate surface area is 198 Å². The van der Waals surface area contributed by atoms with E-state index in [1.165, 1.54) is 7.11 Å². The number of carbonyl (C=O) groups is 3. The summed E-state index contributed by atoms with van der Waals surface area (Å²) in [5.41, 5.74) is 4.48. The van der Waals surface area contributed by atoms with Crippen molar-refractivity contribution in [1.82, 2.24) is 10.6 Å². The highest BCUT2D eigenvalue weighted by Gasteiger charge is 2.33. The third-order valence-electron chi connectivity index (χ3n) is 6.71. The van der Waals surface area contributed by atoms with Crippen LogP contribution in [-0.2, 0) is 19.1 Å². The fraction of sp³-hybridized carbons (Fsp3) is 0.423. The van der Waals surface area contributed by atoms with Gasteiger partial charge < -0.3 is 25.2 Å². The lowest BCUT2D eigenvalue weighted by Crippen LogP contribution is -2.52. The van der Waals surface area contributed by atoms with Crippen molar-refractivity contribution in [2.24, 2.45) is 5.92 Å². The Kier molecular flexibility index (Phi) is 7.47. The molecular weight excluding hydrogens is 436 g/mol. The van der Waals surface area contributed by atoms with Crippen molar-refractivity contribution < 1.29 is 29.0 Å². The van der Waals surface area contributed by atoms with E-state index in [-0.39, 0.29) is 37.5 Å². The third kappa shape index (κ3) is 5.22. The minimum Gasteiger partial charge on any atom is -0.481 e. The van der Waals surface area contributed by atoms with Gasteiger partial charge in [0.15, 0.2) is 0 Å². The summed E-state index contributed by atoms with van der Waals surface area (Å²) in [6.45, 7) is 0.122. The van der Waals surface area contributed by atoms with Gasteiger partial charge in [-0.1, -0.05) is 55.0 Å². The maximum atomic E-state index is 12.8. The number of hydrogen-bond donors (Lipinski definition) is 3. The number of carbonyl (C=O) groups excluding carboxylic acids is 2. The van der Waals surface area contributed by atoms with Gasteiger partial charge in [0.25, 0.3) is 0 Å². The number of methoxy groups -OCH3 is 1. The van der Waals surface area contributed by atoms with Crippen LogP contribution in [0.1, 0.15) is 42.7 Å². The van der Waals surface area contributed by atoms with Crippen LogP contribution in [0, 0.1) is 5.92 Å². The van der Waals surface area contributed by atoms with Gasteiger partial charge in [-0.25, -0.2) is 4.79 Å². The highest BCUT2D eigenvalue weighted by Crippen LogP contribution is 2.44. The third-order valence-corrected chi connectivity index (χ3v) is 6.71. The summed E-state index contributed by atoms with van der Waals surface area (Å²) in [6.07, 6.45) is 1.64. The lowest BCUT2D eigenvalue weighted by Gasteiger charge is -2.24. The number of aliphatic carboxylic acids is 1. The van der Waals surface area contributed by atoms with Crippen LogP contribution in [-0.4, -0.2) is 55.5 Å². The van der Waals surface area contributed by atoms with Crippen molar-refractivity contribution in [3.8, 4) is 11.1 Å². The second-order valence-electron chi connectivity index (χ2n) is 8.88. The number of rotatable bonds is 9. The molecule has 1 fully saturated rings. The molecule has 0 heterocycles. The van der Waals surface area contributed by atoms with Gasteiger partial charge in [0.1, 0.15) is 12.6 Å². The number of ether oxygens (including phenoxy) is 2. The molecule has 0 aromatic heterocycles. The van der Waals surface area contributed by atoms with Gasteiger partial charge in [-0.15, -0.1) is 0 Å². The summed E-state index contributed by atoms with van der Waals surface area (Å²) in [6, 6.07) is 15.0. The molecule has 8 nitrogen and oxygen atoms in total. The van der Waals surface area contributed by atoms with Gasteiger partial charge in [-0.3, -0.25) is 9.59 Å². The highest BCUT2D eigenvalue weighted by atomic mass is 16.5. The zero-order valence-electron chi connectivity index (χ0n) is 19.2. The zero-order valence-corrected chi connectivity index (χ0v) is 19.2. The van der Waals surface area contributed by atoms with Gasteiger partial charge in [0, 0.05) is 19.1 Å². The van der Waals surface area contributed by atoms with Crippen molar-refractivity contribution in [3.05, 3.63) is 59.7 Å². The van der Waals surface area contributed by atoms with Crippen LogP contribution in [0.3, 0.4) is 0 Å². The summed E-state index contributed by atoms with van der Waals surface area (Å²) in [4.78, 5) is 36.5. The Morgan fingerprint density at radius 3 is 2.29 bits per heavy atom. The normalized spacial score (nSPS) is 19.7. The zero-order chi connectivity index (χ0) is 24.1. The average molecular weight is 467 g/mol. The van der Waals surface area contributed by atoms with E-state index < -0.39 is 24.0 Å². The number of alkyl carbamates (subject to hydrolysis) is 1. The molecule has 2 aliphatic rings. The predicted octanol–water partition coefficient (Wildman–Crippen LogP) is 3.30. The first-order valence-corrected chi connectivity index (χ1v) is 11.6. The summed E-state index contributed by atoms with van der Waals surface area (Å²) in [5.74, 6) is -1.48. The van der Waals surface area contributed by atoms with E-state index in [9.17, 15) is 14.4 Å². The van der Waals surface area contributed by atoms with Crippen molar-refractivity contribution in [2.75, 3.05) is 20.3 Å². The van der Waals surface area contributed by atoms with E-state index >= 15 is 0 Å². The number of benzene rings is 2. The first-order valence-electron chi connectivity index (χ1n) is 11.6. The molecule has 34 heavy (non-hydrogen) atoms. The molecule has 0 unspecified atom stereocenters. The van der Waals surface area contributed by atoms with Crippen molar-refractivity contribution in [2.45, 2.75) is 43.7 Å². The van der Waals surface area contributed by atoms with E-state index in [0.29, 0.717) is 6.42 Å². The number of hydrogen-bond acceptors (Lipinski definition) is 5. The molecule has 0 bridgehead atoms. The van der Waals surface area contributed by atoms with Gasteiger partial charge in [-0.2, -0.15) is 0 Å². The molecule has 2 aliphatic carbocycles. The van der Waals surface area contributed by atoms with Crippen LogP contribution in [0.15, 0.2) is 48.5 Å². The van der Waals surface area contributed by atoms with Crippen LogP contribution in [0.2, 0.25) is 0 Å². The molecule has 0 saturated heterocycles. The topological polar surface area (TPSA) is 114 Å². The van der Waals surface area contributed by atoms with Crippen molar-refractivity contribution >= 4 is 18.0 Å². The number of fused-ring (bicyclic) bond motifs is 3. The summed E-state index contributed by atoms with van der Waals surface area (Å²) in [5, 5.41) is 14.6. The molecule has 2 aromatic rings. The maximum absolute atomic E-state index is 12.8. The van der Waals surface area contributed by atoms with Gasteiger partial charge in [0.2, 0.25) is 5.91 Å². The number of carboxylic acid groups (broad SMARTS) is 1. The van der Waals surface area contributed by atoms with E-state index in [1.807, 2.05) is 36.4 Å². The standard InChI is InChI=1S/C26H30N2O6/c1-33-15-23(25(31)27-22-12-6-7-16(22)13-24(29)30)28-26(32)34-14-21-19-10-4-2-8-17(19)18-9-3-5-11-20(18)21/h2-5,8-11,16,21-23H,6-7,12-15H2,1H3,(H,27,31)(H,28,32)(H,29,30)/t16-,22+,23-/m0/s1. The van der Waals surface area contributed by atoms with Crippen molar-refractivity contribution in [3.63, 3.8) is 0 Å². The monoisotopic (exact) mass is 466 g/mol. The fourth-order valence-electron chi connectivity index (χ4n) is 5.11. The second-order valence-corrected chi connectivity index (χ2v) is 8.88. The summed E-state index contributed by atoms with van der Waals surface area (Å²) in [7, 11) is 1.45. The number of carboxylic acids is 1. The predicted molar refractivity (Wildman–Crippen MR) is 125 cm³/mol. The van der Waals surface area contributed by atoms with Gasteiger partial charge in [-0.05, 0) is 41.0 Å². The van der Waals surface area contributed by atoms with Crippen LogP contribution in [0.25, 0.3) is 11.1 Å². The Hall–Kier alpha value is -3.39. The molecule has 4 rings (SSSR count). The number of nitrogens with one attached hydrogen (secondary N) is 2. The lowest BCUT2D eigenvalue weighted by molar-refractivity contribution is -0.138. The summed E-state index contributed by atoms with van der Waals surface area (Å²) < 4.78 is 10.7. The molecule has 2 amide bonds. The molecule has 8 heteroatoms. The van der Waals surface area contributed by atoms with E-state index in [2.05, 4.69) is 22.8 Å². The first-order chi connectivity index (χ1) is 16.5. The minimum atomic E-state index is -0.938. The van der Waals surface area contributed by atoms with Crippen LogP contribution < -0.4 is 10.6 Å². The Morgan fingerprint density at radius 2 is 1.68 bits per heavy atom. The number of amides is 2. The highest BCUT2D eigenvalue weighted by molar-refractivity contribution is 5.86.